The number of thiophene rings is 1. The minimum absolute atomic E-state index is 0.0313. The van der Waals surface area contributed by atoms with Crippen LogP contribution in [0.2, 0.25) is 0 Å². The smallest absolute Gasteiger partial charge is 0.309 e. The van der Waals surface area contributed by atoms with Crippen molar-refractivity contribution in [1.29, 1.82) is 0 Å². The normalized spacial score (nSPS) is 35.7. The monoisotopic (exact) mass is 265 g/mol. The molecule has 2 fully saturated rings. The van der Waals surface area contributed by atoms with Gasteiger partial charge in [0.1, 0.15) is 0 Å². The standard InChI is InChI=1S/C14H19NO2S/c1-15-10-3-4-12(15)13(9-5-6-18-8-9)11(7-10)14(16)17-2/h5-6,8,10-13H,3-4,7H2,1-2H3/t10-,11+,12-,13+/m1/s1. The molecule has 1 aromatic heterocycles. The SMILES string of the molecule is COC(=O)[C@H]1C[C@H]2CC[C@H]([C@H]1c1ccsc1)N2C. The average molecular weight is 265 g/mol. The summed E-state index contributed by atoms with van der Waals surface area (Å²) in [5, 5.41) is 4.29. The van der Waals surface area contributed by atoms with Gasteiger partial charge in [-0.25, -0.2) is 0 Å². The molecule has 2 aliphatic rings. The van der Waals surface area contributed by atoms with E-state index in [1.807, 2.05) is 0 Å². The molecular weight excluding hydrogens is 246 g/mol. The summed E-state index contributed by atoms with van der Waals surface area (Å²) >= 11 is 1.71. The van der Waals surface area contributed by atoms with Gasteiger partial charge in [-0.3, -0.25) is 9.69 Å². The minimum atomic E-state index is -0.0313. The molecule has 4 heteroatoms. The van der Waals surface area contributed by atoms with Crippen LogP contribution in [0.25, 0.3) is 0 Å². The van der Waals surface area contributed by atoms with Crippen molar-refractivity contribution in [2.75, 3.05) is 14.2 Å². The lowest BCUT2D eigenvalue weighted by molar-refractivity contribution is -0.149. The van der Waals surface area contributed by atoms with Gasteiger partial charge in [-0.05, 0) is 48.7 Å². The van der Waals surface area contributed by atoms with Gasteiger partial charge in [0.05, 0.1) is 13.0 Å². The number of hydrogen-bond acceptors (Lipinski definition) is 4. The molecule has 4 atom stereocenters. The number of hydrogen-bond donors (Lipinski definition) is 0. The molecule has 0 unspecified atom stereocenters. The third-order valence-corrected chi connectivity index (χ3v) is 5.40. The summed E-state index contributed by atoms with van der Waals surface area (Å²) in [5.41, 5.74) is 1.31. The fourth-order valence-electron chi connectivity index (χ4n) is 3.78. The highest BCUT2D eigenvalue weighted by Gasteiger charge is 2.49. The lowest BCUT2D eigenvalue weighted by Crippen LogP contribution is -2.47. The molecular formula is C14H19NO2S. The van der Waals surface area contributed by atoms with Gasteiger partial charge in [-0.1, -0.05) is 0 Å². The Balaban J connectivity index is 1.96. The maximum atomic E-state index is 12.1. The number of rotatable bonds is 2. The van der Waals surface area contributed by atoms with Gasteiger partial charge in [0.15, 0.2) is 0 Å². The summed E-state index contributed by atoms with van der Waals surface area (Å²) in [6, 6.07) is 3.23. The third-order valence-electron chi connectivity index (χ3n) is 4.70. The van der Waals surface area contributed by atoms with Crippen molar-refractivity contribution in [3.63, 3.8) is 0 Å². The van der Waals surface area contributed by atoms with Crippen LogP contribution in [0, 0.1) is 5.92 Å². The molecule has 0 amide bonds. The molecule has 18 heavy (non-hydrogen) atoms. The van der Waals surface area contributed by atoms with Gasteiger partial charge in [-0.15, -0.1) is 0 Å². The number of carbonyl (C=O) groups is 1. The molecule has 0 radical (unpaired) electrons. The van der Waals surface area contributed by atoms with Crippen LogP contribution in [0.5, 0.6) is 0 Å². The van der Waals surface area contributed by atoms with Crippen LogP contribution in [0.3, 0.4) is 0 Å². The second-order valence-electron chi connectivity index (χ2n) is 5.41. The van der Waals surface area contributed by atoms with Crippen molar-refractivity contribution < 1.29 is 9.53 Å². The third kappa shape index (κ3) is 1.79. The number of nitrogens with zero attached hydrogens (tertiary/aromatic N) is 1. The van der Waals surface area contributed by atoms with Crippen molar-refractivity contribution in [1.82, 2.24) is 4.90 Å². The van der Waals surface area contributed by atoms with E-state index in [-0.39, 0.29) is 11.9 Å². The predicted octanol–water partition coefficient (Wildman–Crippen LogP) is 2.49. The first-order valence-corrected chi connectivity index (χ1v) is 7.48. The van der Waals surface area contributed by atoms with E-state index < -0.39 is 0 Å². The summed E-state index contributed by atoms with van der Waals surface area (Å²) in [4.78, 5) is 14.5. The highest BCUT2D eigenvalue weighted by Crippen LogP contribution is 2.47. The molecule has 2 saturated heterocycles. The van der Waals surface area contributed by atoms with Gasteiger partial charge >= 0.3 is 5.97 Å². The van der Waals surface area contributed by atoms with E-state index in [0.717, 1.165) is 6.42 Å². The highest BCUT2D eigenvalue weighted by atomic mass is 32.1. The molecule has 98 valence electrons. The van der Waals surface area contributed by atoms with Crippen LogP contribution in [0.1, 0.15) is 30.7 Å². The number of carbonyl (C=O) groups excluding carboxylic acids is 1. The van der Waals surface area contributed by atoms with Gasteiger partial charge in [-0.2, -0.15) is 11.3 Å². The van der Waals surface area contributed by atoms with Crippen molar-refractivity contribution in [2.45, 2.75) is 37.3 Å². The number of fused-ring (bicyclic) bond motifs is 2. The minimum Gasteiger partial charge on any atom is -0.469 e. The molecule has 0 N–H and O–H groups in total. The number of piperidine rings is 1. The van der Waals surface area contributed by atoms with Crippen LogP contribution >= 0.6 is 11.3 Å². The van der Waals surface area contributed by atoms with Crippen LogP contribution in [0.15, 0.2) is 16.8 Å². The Morgan fingerprint density at radius 2 is 2.33 bits per heavy atom. The van der Waals surface area contributed by atoms with E-state index in [0.29, 0.717) is 18.0 Å². The first-order valence-electron chi connectivity index (χ1n) is 6.54. The zero-order valence-electron chi connectivity index (χ0n) is 10.8. The van der Waals surface area contributed by atoms with E-state index in [1.54, 1.807) is 11.3 Å². The molecule has 0 aliphatic carbocycles. The van der Waals surface area contributed by atoms with Crippen molar-refractivity contribution in [3.8, 4) is 0 Å². The summed E-state index contributed by atoms with van der Waals surface area (Å²) in [6.45, 7) is 0. The largest absolute Gasteiger partial charge is 0.469 e. The summed E-state index contributed by atoms with van der Waals surface area (Å²) in [6.07, 6.45) is 3.37. The summed E-state index contributed by atoms with van der Waals surface area (Å²) in [5.74, 6) is 0.321. The van der Waals surface area contributed by atoms with Crippen LogP contribution in [-0.2, 0) is 9.53 Å². The van der Waals surface area contributed by atoms with Crippen molar-refractivity contribution in [3.05, 3.63) is 22.4 Å². The molecule has 1 aromatic rings. The fraction of sp³-hybridized carbons (Fsp3) is 0.643. The molecule has 3 rings (SSSR count). The lowest BCUT2D eigenvalue weighted by atomic mass is 9.77. The van der Waals surface area contributed by atoms with Gasteiger partial charge in [0.25, 0.3) is 0 Å². The van der Waals surface area contributed by atoms with E-state index >= 15 is 0 Å². The Kier molecular flexibility index (Phi) is 3.16. The van der Waals surface area contributed by atoms with Gasteiger partial charge in [0.2, 0.25) is 0 Å². The summed E-state index contributed by atoms with van der Waals surface area (Å²) < 4.78 is 5.02. The highest BCUT2D eigenvalue weighted by molar-refractivity contribution is 7.08. The second kappa shape index (κ2) is 4.67. The average Bonchev–Trinajstić information content (AvgIpc) is 2.97. The Bertz CT molecular complexity index is 431. The van der Waals surface area contributed by atoms with Crippen molar-refractivity contribution in [2.24, 2.45) is 5.92 Å². The molecule has 2 bridgehead atoms. The number of methoxy groups -OCH3 is 1. The van der Waals surface area contributed by atoms with E-state index in [1.165, 1.54) is 25.5 Å². The van der Waals surface area contributed by atoms with Crippen LogP contribution in [0.4, 0.5) is 0 Å². The molecule has 0 saturated carbocycles. The number of ether oxygens (including phenoxy) is 1. The molecule has 3 heterocycles. The van der Waals surface area contributed by atoms with E-state index in [9.17, 15) is 4.79 Å². The van der Waals surface area contributed by atoms with Crippen molar-refractivity contribution >= 4 is 17.3 Å². The van der Waals surface area contributed by atoms with Crippen LogP contribution < -0.4 is 0 Å². The van der Waals surface area contributed by atoms with Gasteiger partial charge in [0, 0.05) is 18.0 Å². The molecule has 0 spiro atoms. The fourth-order valence-corrected chi connectivity index (χ4v) is 4.49. The van der Waals surface area contributed by atoms with E-state index in [4.69, 9.17) is 4.74 Å². The maximum Gasteiger partial charge on any atom is 0.309 e. The van der Waals surface area contributed by atoms with Gasteiger partial charge < -0.3 is 4.74 Å². The Morgan fingerprint density at radius 3 is 3.00 bits per heavy atom. The Hall–Kier alpha value is -0.870. The first kappa shape index (κ1) is 12.2. The maximum absolute atomic E-state index is 12.1. The number of likely N-dealkylation sites (N-methyl/N-ethyl adjacent to an activating group) is 1. The molecule has 0 aromatic carbocycles. The predicted molar refractivity (Wildman–Crippen MR) is 71.8 cm³/mol. The lowest BCUT2D eigenvalue weighted by Gasteiger charge is -2.41. The Labute approximate surface area is 112 Å². The van der Waals surface area contributed by atoms with E-state index in [2.05, 4.69) is 28.8 Å². The zero-order chi connectivity index (χ0) is 12.7. The summed E-state index contributed by atoms with van der Waals surface area (Å²) in [7, 11) is 3.71. The molecule has 2 aliphatic heterocycles. The quantitative estimate of drug-likeness (QED) is 0.769. The van der Waals surface area contributed by atoms with Crippen LogP contribution in [-0.4, -0.2) is 37.1 Å². The molecule has 3 nitrogen and oxygen atoms in total. The number of esters is 1. The topological polar surface area (TPSA) is 29.5 Å². The first-order chi connectivity index (χ1) is 8.72. The zero-order valence-corrected chi connectivity index (χ0v) is 11.7. The Morgan fingerprint density at radius 1 is 1.50 bits per heavy atom. The second-order valence-corrected chi connectivity index (χ2v) is 6.19.